The minimum atomic E-state index is -0.375. The smallest absolute Gasteiger partial charge is 0.239 e. The predicted molar refractivity (Wildman–Crippen MR) is 69.2 cm³/mol. The Bertz CT molecular complexity index is 260. The molecule has 2 heterocycles. The van der Waals surface area contributed by atoms with Crippen molar-refractivity contribution >= 4 is 18.3 Å². The summed E-state index contributed by atoms with van der Waals surface area (Å²) in [6.45, 7) is 5.16. The molecule has 0 aromatic rings. The summed E-state index contributed by atoms with van der Waals surface area (Å²) in [5, 5.41) is 0. The lowest BCUT2D eigenvalue weighted by molar-refractivity contribution is -0.138. The summed E-state index contributed by atoms with van der Waals surface area (Å²) < 4.78 is 5.58. The van der Waals surface area contributed by atoms with Gasteiger partial charge in [-0.1, -0.05) is 0 Å². The van der Waals surface area contributed by atoms with E-state index in [0.29, 0.717) is 0 Å². The van der Waals surface area contributed by atoms with Gasteiger partial charge in [0, 0.05) is 25.1 Å². The van der Waals surface area contributed by atoms with E-state index in [1.54, 1.807) is 6.92 Å². The number of carbonyl (C=O) groups excluding carboxylic acids is 1. The number of hydrogen-bond acceptors (Lipinski definition) is 3. The molecule has 5 heteroatoms. The van der Waals surface area contributed by atoms with Crippen LogP contribution in [0.5, 0.6) is 0 Å². The molecule has 100 valence electrons. The van der Waals surface area contributed by atoms with Crippen molar-refractivity contribution in [3.8, 4) is 0 Å². The fourth-order valence-electron chi connectivity index (χ4n) is 2.92. The van der Waals surface area contributed by atoms with E-state index in [9.17, 15) is 4.79 Å². The van der Waals surface area contributed by atoms with Crippen LogP contribution in [0.2, 0.25) is 0 Å². The van der Waals surface area contributed by atoms with Crippen LogP contribution in [-0.2, 0) is 9.53 Å². The Balaban J connectivity index is 0.00000144. The van der Waals surface area contributed by atoms with Gasteiger partial charge in [0.2, 0.25) is 5.91 Å². The molecule has 2 aliphatic rings. The summed E-state index contributed by atoms with van der Waals surface area (Å²) in [6, 6.07) is -0.375. The van der Waals surface area contributed by atoms with E-state index < -0.39 is 0 Å². The zero-order chi connectivity index (χ0) is 11.6. The first-order chi connectivity index (χ1) is 7.63. The van der Waals surface area contributed by atoms with Gasteiger partial charge >= 0.3 is 0 Å². The Morgan fingerprint density at radius 1 is 1.41 bits per heavy atom. The Hall–Kier alpha value is -0.320. The van der Waals surface area contributed by atoms with E-state index in [1.165, 1.54) is 12.8 Å². The van der Waals surface area contributed by atoms with Gasteiger partial charge in [0.15, 0.2) is 0 Å². The third-order valence-corrected chi connectivity index (χ3v) is 3.77. The van der Waals surface area contributed by atoms with Crippen molar-refractivity contribution in [1.82, 2.24) is 4.90 Å². The fourth-order valence-corrected chi connectivity index (χ4v) is 2.92. The summed E-state index contributed by atoms with van der Waals surface area (Å²) in [6.07, 6.45) is 4.59. The van der Waals surface area contributed by atoms with Crippen molar-refractivity contribution in [2.75, 3.05) is 26.3 Å². The van der Waals surface area contributed by atoms with Gasteiger partial charge in [0.1, 0.15) is 0 Å². The highest BCUT2D eigenvalue weighted by atomic mass is 35.5. The molecule has 2 saturated heterocycles. The van der Waals surface area contributed by atoms with Crippen molar-refractivity contribution in [2.24, 2.45) is 11.1 Å². The van der Waals surface area contributed by atoms with E-state index in [1.807, 2.05) is 4.90 Å². The largest absolute Gasteiger partial charge is 0.381 e. The average molecular weight is 263 g/mol. The predicted octanol–water partition coefficient (Wildman–Crippen LogP) is 1.17. The SMILES string of the molecule is C[C@@H](N)C(=O)N1CCCC2(CCCOC2)C1.Cl. The molecule has 1 amide bonds. The maximum Gasteiger partial charge on any atom is 0.239 e. The summed E-state index contributed by atoms with van der Waals surface area (Å²) in [5.74, 6) is 0.0876. The van der Waals surface area contributed by atoms with Crippen molar-refractivity contribution in [1.29, 1.82) is 0 Å². The molecule has 0 bridgehead atoms. The molecule has 1 spiro atoms. The summed E-state index contributed by atoms with van der Waals surface area (Å²) in [4.78, 5) is 13.8. The molecule has 0 aromatic heterocycles. The van der Waals surface area contributed by atoms with Gasteiger partial charge in [-0.05, 0) is 32.6 Å². The first kappa shape index (κ1) is 14.7. The van der Waals surface area contributed by atoms with Crippen LogP contribution in [0, 0.1) is 5.41 Å². The zero-order valence-electron chi connectivity index (χ0n) is 10.5. The minimum Gasteiger partial charge on any atom is -0.381 e. The number of amides is 1. The molecule has 4 nitrogen and oxygen atoms in total. The Labute approximate surface area is 109 Å². The molecule has 17 heavy (non-hydrogen) atoms. The molecule has 0 aliphatic carbocycles. The molecule has 2 aliphatic heterocycles. The molecule has 0 radical (unpaired) electrons. The fraction of sp³-hybridized carbons (Fsp3) is 0.917. The van der Waals surface area contributed by atoms with E-state index in [4.69, 9.17) is 10.5 Å². The van der Waals surface area contributed by atoms with E-state index in [-0.39, 0.29) is 29.8 Å². The quantitative estimate of drug-likeness (QED) is 0.772. The number of piperidine rings is 1. The van der Waals surface area contributed by atoms with Gasteiger partial charge in [-0.3, -0.25) is 4.79 Å². The lowest BCUT2D eigenvalue weighted by Crippen LogP contribution is -2.53. The number of ether oxygens (including phenoxy) is 1. The van der Waals surface area contributed by atoms with Gasteiger partial charge in [-0.25, -0.2) is 0 Å². The molecular weight excluding hydrogens is 240 g/mol. The topological polar surface area (TPSA) is 55.6 Å². The summed E-state index contributed by atoms with van der Waals surface area (Å²) >= 11 is 0. The van der Waals surface area contributed by atoms with E-state index in [0.717, 1.165) is 39.1 Å². The van der Waals surface area contributed by atoms with Crippen LogP contribution < -0.4 is 5.73 Å². The molecule has 2 atom stereocenters. The Morgan fingerprint density at radius 2 is 2.12 bits per heavy atom. The maximum atomic E-state index is 11.9. The van der Waals surface area contributed by atoms with Crippen molar-refractivity contribution in [2.45, 2.75) is 38.6 Å². The minimum absolute atomic E-state index is 0. The van der Waals surface area contributed by atoms with Crippen molar-refractivity contribution in [3.63, 3.8) is 0 Å². The third-order valence-electron chi connectivity index (χ3n) is 3.77. The number of carbonyl (C=O) groups is 1. The molecule has 0 aromatic carbocycles. The first-order valence-electron chi connectivity index (χ1n) is 6.25. The molecule has 1 unspecified atom stereocenters. The molecule has 2 rings (SSSR count). The number of rotatable bonds is 1. The van der Waals surface area contributed by atoms with Crippen LogP contribution in [0.1, 0.15) is 32.6 Å². The first-order valence-corrected chi connectivity index (χ1v) is 6.25. The van der Waals surface area contributed by atoms with Crippen LogP contribution in [0.3, 0.4) is 0 Å². The number of likely N-dealkylation sites (tertiary alicyclic amines) is 1. The van der Waals surface area contributed by atoms with Crippen molar-refractivity contribution in [3.05, 3.63) is 0 Å². The van der Waals surface area contributed by atoms with E-state index >= 15 is 0 Å². The van der Waals surface area contributed by atoms with Gasteiger partial charge in [0.25, 0.3) is 0 Å². The summed E-state index contributed by atoms with van der Waals surface area (Å²) in [7, 11) is 0. The monoisotopic (exact) mass is 262 g/mol. The van der Waals surface area contributed by atoms with Gasteiger partial charge in [-0.15, -0.1) is 12.4 Å². The average Bonchev–Trinajstić information content (AvgIpc) is 2.29. The van der Waals surface area contributed by atoms with E-state index in [2.05, 4.69) is 0 Å². The Kier molecular flexibility index (Phi) is 5.22. The lowest BCUT2D eigenvalue weighted by atomic mass is 9.76. The van der Waals surface area contributed by atoms with Crippen LogP contribution in [0.15, 0.2) is 0 Å². The second-order valence-corrected chi connectivity index (χ2v) is 5.31. The molecule has 0 saturated carbocycles. The lowest BCUT2D eigenvalue weighted by Gasteiger charge is -2.45. The normalized spacial score (nSPS) is 30.8. The second-order valence-electron chi connectivity index (χ2n) is 5.31. The third kappa shape index (κ3) is 3.33. The highest BCUT2D eigenvalue weighted by Crippen LogP contribution is 2.37. The van der Waals surface area contributed by atoms with Crippen LogP contribution in [-0.4, -0.2) is 43.2 Å². The molecular formula is C12H23ClN2O2. The number of halogens is 1. The number of nitrogens with two attached hydrogens (primary N) is 1. The standard InChI is InChI=1S/C12H22N2O2.ClH/c1-10(13)11(15)14-6-2-4-12(8-14)5-3-7-16-9-12;/h10H,2-9,13H2,1H3;1H/t10-,12?;/m1./s1. The van der Waals surface area contributed by atoms with Crippen LogP contribution >= 0.6 is 12.4 Å². The highest BCUT2D eigenvalue weighted by molar-refractivity contribution is 5.85. The van der Waals surface area contributed by atoms with Crippen LogP contribution in [0.25, 0.3) is 0 Å². The van der Waals surface area contributed by atoms with Gasteiger partial charge < -0.3 is 15.4 Å². The number of hydrogen-bond donors (Lipinski definition) is 1. The second kappa shape index (κ2) is 6.03. The summed E-state index contributed by atoms with van der Waals surface area (Å²) in [5.41, 5.74) is 5.89. The van der Waals surface area contributed by atoms with Gasteiger partial charge in [0.05, 0.1) is 12.6 Å². The number of nitrogens with zero attached hydrogens (tertiary/aromatic N) is 1. The van der Waals surface area contributed by atoms with Gasteiger partial charge in [-0.2, -0.15) is 0 Å². The van der Waals surface area contributed by atoms with Crippen molar-refractivity contribution < 1.29 is 9.53 Å². The maximum absolute atomic E-state index is 11.9. The molecule has 2 N–H and O–H groups in total. The zero-order valence-corrected chi connectivity index (χ0v) is 11.3. The highest BCUT2D eigenvalue weighted by Gasteiger charge is 2.39. The molecule has 2 fully saturated rings. The Morgan fingerprint density at radius 3 is 2.71 bits per heavy atom. The van der Waals surface area contributed by atoms with Crippen LogP contribution in [0.4, 0.5) is 0 Å².